The Morgan fingerprint density at radius 3 is 2.70 bits per heavy atom. The predicted octanol–water partition coefficient (Wildman–Crippen LogP) is 1.29. The van der Waals surface area contributed by atoms with Crippen LogP contribution in [0.4, 0.5) is 0 Å². The van der Waals surface area contributed by atoms with E-state index >= 15 is 0 Å². The standard InChI is InChI=1S/C17H30N2O4/c1-13(2)16(19-9-5-7-15(19)20)17(21)23-14-6-4-8-18(12-14)10-11-22-3/h13-14,16H,4-12H2,1-3H3/t14-,16-/m1/s1. The Morgan fingerprint density at radius 2 is 2.09 bits per heavy atom. The molecule has 6 heteroatoms. The predicted molar refractivity (Wildman–Crippen MR) is 87.0 cm³/mol. The van der Waals surface area contributed by atoms with E-state index in [1.807, 2.05) is 13.8 Å². The fourth-order valence-corrected chi connectivity index (χ4v) is 3.49. The number of methoxy groups -OCH3 is 1. The molecule has 23 heavy (non-hydrogen) atoms. The SMILES string of the molecule is COCCN1CCC[C@@H](OC(=O)[C@@H](C(C)C)N2CCCC2=O)C1. The monoisotopic (exact) mass is 326 g/mol. The minimum absolute atomic E-state index is 0.0673. The minimum atomic E-state index is -0.445. The Kier molecular flexibility index (Phi) is 6.84. The summed E-state index contributed by atoms with van der Waals surface area (Å²) in [6.07, 6.45) is 3.23. The third-order valence-electron chi connectivity index (χ3n) is 4.68. The molecule has 132 valence electrons. The smallest absolute Gasteiger partial charge is 0.329 e. The molecule has 2 atom stereocenters. The van der Waals surface area contributed by atoms with Gasteiger partial charge in [0.2, 0.25) is 5.91 Å². The number of carbonyl (C=O) groups excluding carboxylic acids is 2. The Labute approximate surface area is 139 Å². The lowest BCUT2D eigenvalue weighted by Gasteiger charge is -2.35. The molecule has 0 bridgehead atoms. The highest BCUT2D eigenvalue weighted by Gasteiger charge is 2.37. The van der Waals surface area contributed by atoms with Gasteiger partial charge in [0.25, 0.3) is 0 Å². The van der Waals surface area contributed by atoms with Gasteiger partial charge in [0, 0.05) is 33.2 Å². The number of amides is 1. The van der Waals surface area contributed by atoms with Crippen molar-refractivity contribution in [2.45, 2.75) is 51.7 Å². The number of likely N-dealkylation sites (tertiary alicyclic amines) is 2. The number of esters is 1. The number of rotatable bonds is 7. The summed E-state index contributed by atoms with van der Waals surface area (Å²) in [4.78, 5) is 28.6. The van der Waals surface area contributed by atoms with Crippen LogP contribution in [-0.4, -0.2) is 73.7 Å². The fourth-order valence-electron chi connectivity index (χ4n) is 3.49. The van der Waals surface area contributed by atoms with E-state index in [0.29, 0.717) is 19.6 Å². The highest BCUT2D eigenvalue weighted by Crippen LogP contribution is 2.22. The zero-order valence-corrected chi connectivity index (χ0v) is 14.6. The summed E-state index contributed by atoms with van der Waals surface area (Å²) in [5.41, 5.74) is 0. The first-order chi connectivity index (χ1) is 11.0. The van der Waals surface area contributed by atoms with E-state index in [1.165, 1.54) is 0 Å². The molecular formula is C17H30N2O4. The van der Waals surface area contributed by atoms with Crippen molar-refractivity contribution >= 4 is 11.9 Å². The minimum Gasteiger partial charge on any atom is -0.459 e. The van der Waals surface area contributed by atoms with Crippen LogP contribution >= 0.6 is 0 Å². The van der Waals surface area contributed by atoms with Crippen LogP contribution in [0.25, 0.3) is 0 Å². The van der Waals surface area contributed by atoms with Gasteiger partial charge in [0.05, 0.1) is 6.61 Å². The van der Waals surface area contributed by atoms with Crippen molar-refractivity contribution in [1.82, 2.24) is 9.80 Å². The van der Waals surface area contributed by atoms with Gasteiger partial charge >= 0.3 is 5.97 Å². The van der Waals surface area contributed by atoms with Gasteiger partial charge in [-0.25, -0.2) is 4.79 Å². The summed E-state index contributed by atoms with van der Waals surface area (Å²) in [5, 5.41) is 0. The third-order valence-corrected chi connectivity index (χ3v) is 4.68. The molecule has 0 aromatic heterocycles. The Balaban J connectivity index is 1.91. The highest BCUT2D eigenvalue weighted by atomic mass is 16.5. The van der Waals surface area contributed by atoms with Crippen molar-refractivity contribution < 1.29 is 19.1 Å². The van der Waals surface area contributed by atoms with E-state index in [0.717, 1.165) is 38.9 Å². The molecule has 0 N–H and O–H groups in total. The molecule has 2 saturated heterocycles. The summed E-state index contributed by atoms with van der Waals surface area (Å²) < 4.78 is 10.9. The molecule has 2 aliphatic heterocycles. The Bertz CT molecular complexity index is 413. The number of piperidine rings is 1. The van der Waals surface area contributed by atoms with Gasteiger partial charge in [-0.05, 0) is 31.7 Å². The number of carbonyl (C=O) groups is 2. The zero-order valence-electron chi connectivity index (χ0n) is 14.6. The van der Waals surface area contributed by atoms with Gasteiger partial charge in [-0.3, -0.25) is 9.69 Å². The molecule has 0 unspecified atom stereocenters. The van der Waals surface area contributed by atoms with Crippen LogP contribution in [0, 0.1) is 5.92 Å². The molecule has 0 aromatic rings. The molecule has 0 radical (unpaired) electrons. The lowest BCUT2D eigenvalue weighted by molar-refractivity contribution is -0.162. The van der Waals surface area contributed by atoms with Crippen molar-refractivity contribution in [3.63, 3.8) is 0 Å². The molecule has 2 aliphatic rings. The van der Waals surface area contributed by atoms with Gasteiger partial charge in [-0.15, -0.1) is 0 Å². The second kappa shape index (κ2) is 8.64. The van der Waals surface area contributed by atoms with Crippen LogP contribution in [0.1, 0.15) is 39.5 Å². The average molecular weight is 326 g/mol. The largest absolute Gasteiger partial charge is 0.459 e. The molecule has 0 aromatic carbocycles. The number of hydrogen-bond donors (Lipinski definition) is 0. The van der Waals surface area contributed by atoms with Crippen LogP contribution in [-0.2, 0) is 19.1 Å². The molecule has 0 spiro atoms. The molecule has 2 rings (SSSR count). The summed E-state index contributed by atoms with van der Waals surface area (Å²) >= 11 is 0. The topological polar surface area (TPSA) is 59.1 Å². The molecule has 0 aliphatic carbocycles. The lowest BCUT2D eigenvalue weighted by Crippen LogP contribution is -2.49. The van der Waals surface area contributed by atoms with Crippen molar-refractivity contribution in [2.24, 2.45) is 5.92 Å². The van der Waals surface area contributed by atoms with Gasteiger partial charge in [-0.1, -0.05) is 13.8 Å². The van der Waals surface area contributed by atoms with E-state index in [-0.39, 0.29) is 23.9 Å². The van der Waals surface area contributed by atoms with Crippen LogP contribution < -0.4 is 0 Å². The highest BCUT2D eigenvalue weighted by molar-refractivity contribution is 5.86. The molecule has 0 saturated carbocycles. The quantitative estimate of drug-likeness (QED) is 0.660. The maximum absolute atomic E-state index is 12.6. The first-order valence-corrected chi connectivity index (χ1v) is 8.74. The Morgan fingerprint density at radius 1 is 1.30 bits per heavy atom. The number of hydrogen-bond acceptors (Lipinski definition) is 5. The summed E-state index contributed by atoms with van der Waals surface area (Å²) in [6, 6.07) is -0.445. The molecular weight excluding hydrogens is 296 g/mol. The first kappa shape index (κ1) is 18.2. The molecule has 6 nitrogen and oxygen atoms in total. The number of nitrogens with zero attached hydrogens (tertiary/aromatic N) is 2. The van der Waals surface area contributed by atoms with E-state index < -0.39 is 6.04 Å². The Hall–Kier alpha value is -1.14. The van der Waals surface area contributed by atoms with Crippen LogP contribution in [0.5, 0.6) is 0 Å². The summed E-state index contributed by atoms with van der Waals surface area (Å²) in [5.74, 6) is -0.0995. The second-order valence-corrected chi connectivity index (χ2v) is 6.87. The zero-order chi connectivity index (χ0) is 16.8. The van der Waals surface area contributed by atoms with E-state index in [2.05, 4.69) is 4.90 Å². The molecule has 2 heterocycles. The lowest BCUT2D eigenvalue weighted by atomic mass is 10.0. The average Bonchev–Trinajstić information content (AvgIpc) is 2.91. The number of ether oxygens (including phenoxy) is 2. The second-order valence-electron chi connectivity index (χ2n) is 6.87. The summed E-state index contributed by atoms with van der Waals surface area (Å²) in [7, 11) is 1.70. The normalized spacial score (nSPS) is 24.3. The van der Waals surface area contributed by atoms with Crippen molar-refractivity contribution in [1.29, 1.82) is 0 Å². The van der Waals surface area contributed by atoms with Crippen molar-refractivity contribution in [2.75, 3.05) is 39.9 Å². The summed E-state index contributed by atoms with van der Waals surface area (Å²) in [6.45, 7) is 7.96. The van der Waals surface area contributed by atoms with E-state index in [1.54, 1.807) is 12.0 Å². The maximum atomic E-state index is 12.6. The van der Waals surface area contributed by atoms with Gasteiger partial charge < -0.3 is 14.4 Å². The molecule has 1 amide bonds. The molecule has 2 fully saturated rings. The third kappa shape index (κ3) is 4.91. The maximum Gasteiger partial charge on any atom is 0.329 e. The van der Waals surface area contributed by atoms with Gasteiger partial charge in [0.15, 0.2) is 0 Å². The van der Waals surface area contributed by atoms with Crippen LogP contribution in [0.3, 0.4) is 0 Å². The van der Waals surface area contributed by atoms with Crippen molar-refractivity contribution in [3.05, 3.63) is 0 Å². The van der Waals surface area contributed by atoms with Crippen molar-refractivity contribution in [3.8, 4) is 0 Å². The van der Waals surface area contributed by atoms with E-state index in [4.69, 9.17) is 9.47 Å². The fraction of sp³-hybridized carbons (Fsp3) is 0.882. The van der Waals surface area contributed by atoms with Crippen LogP contribution in [0.15, 0.2) is 0 Å². The van der Waals surface area contributed by atoms with Gasteiger partial charge in [-0.2, -0.15) is 0 Å². The first-order valence-electron chi connectivity index (χ1n) is 8.74. The van der Waals surface area contributed by atoms with Crippen LogP contribution in [0.2, 0.25) is 0 Å². The van der Waals surface area contributed by atoms with E-state index in [9.17, 15) is 9.59 Å². The van der Waals surface area contributed by atoms with Gasteiger partial charge in [0.1, 0.15) is 12.1 Å².